The van der Waals surface area contributed by atoms with Crippen LogP contribution in [0.5, 0.6) is 5.75 Å². The van der Waals surface area contributed by atoms with Gasteiger partial charge >= 0.3 is 0 Å². The van der Waals surface area contributed by atoms with E-state index in [9.17, 15) is 9.59 Å². The molecule has 0 spiro atoms. The van der Waals surface area contributed by atoms with Gasteiger partial charge in [0.25, 0.3) is 5.91 Å². The maximum atomic E-state index is 13.2. The number of benzene rings is 2. The number of ether oxygens (including phenoxy) is 1. The molecule has 4 rings (SSSR count). The number of carbonyl (C=O) groups excluding carboxylic acids is 2. The summed E-state index contributed by atoms with van der Waals surface area (Å²) >= 11 is 0. The number of nitrogens with zero attached hydrogens (tertiary/aromatic N) is 1. The first kappa shape index (κ1) is 22.4. The van der Waals surface area contributed by atoms with Gasteiger partial charge in [-0.1, -0.05) is 49.7 Å². The zero-order valence-corrected chi connectivity index (χ0v) is 19.4. The molecule has 5 heteroatoms. The van der Waals surface area contributed by atoms with E-state index in [1.807, 2.05) is 26.0 Å². The smallest absolute Gasteiger partial charge is 0.261 e. The van der Waals surface area contributed by atoms with Gasteiger partial charge in [-0.3, -0.25) is 9.59 Å². The first-order chi connectivity index (χ1) is 15.5. The maximum absolute atomic E-state index is 13.2. The third-order valence-electron chi connectivity index (χ3n) is 6.40. The van der Waals surface area contributed by atoms with Crippen molar-refractivity contribution in [2.45, 2.75) is 65.0 Å². The molecule has 0 bridgehead atoms. The van der Waals surface area contributed by atoms with Crippen LogP contribution in [0.3, 0.4) is 0 Å². The first-order valence-electron chi connectivity index (χ1n) is 12.0. The Labute approximate surface area is 191 Å². The van der Waals surface area contributed by atoms with Crippen LogP contribution in [0, 0.1) is 12.8 Å². The van der Waals surface area contributed by atoms with Crippen LogP contribution in [-0.2, 0) is 16.0 Å². The van der Waals surface area contributed by atoms with Gasteiger partial charge in [0.05, 0.1) is 6.04 Å². The minimum atomic E-state index is -0.523. The second-order valence-electron chi connectivity index (χ2n) is 9.04. The first-order valence-corrected chi connectivity index (χ1v) is 12.0. The van der Waals surface area contributed by atoms with E-state index in [1.165, 1.54) is 11.1 Å². The summed E-state index contributed by atoms with van der Waals surface area (Å²) in [6.07, 6.45) is 3.80. The SMILES string of the molecule is CCCNC(=O)[C@H](CC)Oc1ccc2c(c1)[C@@H](c1cccc(C)c1)N(C(=O)C1CC1)CC2. The number of rotatable bonds is 8. The Hall–Kier alpha value is -2.82. The molecule has 1 N–H and O–H groups in total. The van der Waals surface area contributed by atoms with E-state index < -0.39 is 6.10 Å². The fraction of sp³-hybridized carbons (Fsp3) is 0.481. The van der Waals surface area contributed by atoms with Crippen molar-refractivity contribution < 1.29 is 14.3 Å². The zero-order valence-electron chi connectivity index (χ0n) is 19.4. The molecule has 1 fully saturated rings. The Morgan fingerprint density at radius 2 is 1.97 bits per heavy atom. The molecular formula is C27H34N2O3. The van der Waals surface area contributed by atoms with Gasteiger partial charge in [0.15, 0.2) is 6.10 Å². The summed E-state index contributed by atoms with van der Waals surface area (Å²) in [6.45, 7) is 7.46. The third-order valence-corrected chi connectivity index (χ3v) is 6.40. The van der Waals surface area contributed by atoms with Gasteiger partial charge in [0, 0.05) is 19.0 Å². The molecule has 170 valence electrons. The Kier molecular flexibility index (Phi) is 6.83. The van der Waals surface area contributed by atoms with Gasteiger partial charge in [0.2, 0.25) is 5.91 Å². The van der Waals surface area contributed by atoms with Gasteiger partial charge in [-0.15, -0.1) is 0 Å². The minimum Gasteiger partial charge on any atom is -0.481 e. The normalized spacial score (nSPS) is 18.6. The molecule has 5 nitrogen and oxygen atoms in total. The van der Waals surface area contributed by atoms with Crippen LogP contribution >= 0.6 is 0 Å². The molecule has 32 heavy (non-hydrogen) atoms. The van der Waals surface area contributed by atoms with E-state index in [-0.39, 0.29) is 23.8 Å². The van der Waals surface area contributed by atoms with Crippen LogP contribution in [0.25, 0.3) is 0 Å². The number of fused-ring (bicyclic) bond motifs is 1. The predicted molar refractivity (Wildman–Crippen MR) is 126 cm³/mol. The minimum absolute atomic E-state index is 0.0761. The average Bonchev–Trinajstić information content (AvgIpc) is 3.65. The highest BCUT2D eigenvalue weighted by atomic mass is 16.5. The van der Waals surface area contributed by atoms with E-state index in [0.29, 0.717) is 18.7 Å². The van der Waals surface area contributed by atoms with Crippen molar-refractivity contribution >= 4 is 11.8 Å². The van der Waals surface area contributed by atoms with E-state index in [2.05, 4.69) is 47.5 Å². The summed E-state index contributed by atoms with van der Waals surface area (Å²) in [4.78, 5) is 27.7. The molecule has 1 heterocycles. The second-order valence-corrected chi connectivity index (χ2v) is 9.04. The molecule has 1 aliphatic carbocycles. The standard InChI is InChI=1S/C27H34N2O3/c1-4-14-28-26(30)24(5-2)32-22-12-11-19-13-15-29(27(31)20-9-10-20)25(23(19)17-22)21-8-6-7-18(3)16-21/h6-8,11-12,16-17,20,24-25H,4-5,9-10,13-15H2,1-3H3,(H,28,30)/t24-,25+/m0/s1. The predicted octanol–water partition coefficient (Wildman–Crippen LogP) is 4.56. The summed E-state index contributed by atoms with van der Waals surface area (Å²) in [5.41, 5.74) is 4.66. The highest BCUT2D eigenvalue weighted by molar-refractivity contribution is 5.82. The summed E-state index contributed by atoms with van der Waals surface area (Å²) in [5.74, 6) is 1.04. The summed E-state index contributed by atoms with van der Waals surface area (Å²) in [7, 11) is 0. The molecule has 2 aromatic carbocycles. The Bertz CT molecular complexity index is 983. The van der Waals surface area contributed by atoms with Crippen molar-refractivity contribution in [3.63, 3.8) is 0 Å². The molecule has 1 aliphatic heterocycles. The molecule has 2 aliphatic rings. The van der Waals surface area contributed by atoms with Gasteiger partial charge in [-0.2, -0.15) is 0 Å². The number of amides is 2. The number of hydrogen-bond donors (Lipinski definition) is 1. The average molecular weight is 435 g/mol. The summed E-state index contributed by atoms with van der Waals surface area (Å²) in [6, 6.07) is 14.4. The number of carbonyl (C=O) groups is 2. The van der Waals surface area contributed by atoms with E-state index in [1.54, 1.807) is 0 Å². The zero-order chi connectivity index (χ0) is 22.7. The Morgan fingerprint density at radius 1 is 1.16 bits per heavy atom. The van der Waals surface area contributed by atoms with Crippen molar-refractivity contribution in [1.29, 1.82) is 0 Å². The maximum Gasteiger partial charge on any atom is 0.261 e. The Balaban J connectivity index is 1.67. The van der Waals surface area contributed by atoms with Gasteiger partial charge in [0.1, 0.15) is 5.75 Å². The van der Waals surface area contributed by atoms with Crippen molar-refractivity contribution in [2.75, 3.05) is 13.1 Å². The molecule has 0 saturated heterocycles. The monoisotopic (exact) mass is 434 g/mol. The highest BCUT2D eigenvalue weighted by Crippen LogP contribution is 2.41. The van der Waals surface area contributed by atoms with Crippen molar-refractivity contribution in [3.8, 4) is 5.75 Å². The van der Waals surface area contributed by atoms with Crippen LogP contribution in [0.4, 0.5) is 0 Å². The molecule has 2 atom stereocenters. The number of hydrogen-bond acceptors (Lipinski definition) is 3. The van der Waals surface area contributed by atoms with E-state index >= 15 is 0 Å². The fourth-order valence-corrected chi connectivity index (χ4v) is 4.52. The van der Waals surface area contributed by atoms with Crippen molar-refractivity contribution in [3.05, 3.63) is 64.7 Å². The van der Waals surface area contributed by atoms with E-state index in [4.69, 9.17) is 4.74 Å². The lowest BCUT2D eigenvalue weighted by molar-refractivity contribution is -0.134. The molecule has 2 aromatic rings. The largest absolute Gasteiger partial charge is 0.481 e. The van der Waals surface area contributed by atoms with Crippen LogP contribution in [0.1, 0.15) is 67.8 Å². The topological polar surface area (TPSA) is 58.6 Å². The highest BCUT2D eigenvalue weighted by Gasteiger charge is 2.39. The third kappa shape index (κ3) is 4.82. The molecule has 1 saturated carbocycles. The van der Waals surface area contributed by atoms with Crippen LogP contribution in [-0.4, -0.2) is 35.9 Å². The second kappa shape index (κ2) is 9.76. The van der Waals surface area contributed by atoms with Crippen LogP contribution in [0.15, 0.2) is 42.5 Å². The summed E-state index contributed by atoms with van der Waals surface area (Å²) in [5, 5.41) is 2.93. The van der Waals surface area contributed by atoms with Gasteiger partial charge < -0.3 is 15.0 Å². The van der Waals surface area contributed by atoms with Crippen LogP contribution < -0.4 is 10.1 Å². The lowest BCUT2D eigenvalue weighted by Gasteiger charge is -2.38. The van der Waals surface area contributed by atoms with Crippen molar-refractivity contribution in [2.24, 2.45) is 5.92 Å². The quantitative estimate of drug-likeness (QED) is 0.662. The fourth-order valence-electron chi connectivity index (χ4n) is 4.52. The van der Waals surface area contributed by atoms with Crippen LogP contribution in [0.2, 0.25) is 0 Å². The lowest BCUT2D eigenvalue weighted by Crippen LogP contribution is -2.41. The molecule has 0 radical (unpaired) electrons. The molecule has 2 amide bonds. The molecule has 0 unspecified atom stereocenters. The van der Waals surface area contributed by atoms with E-state index in [0.717, 1.165) is 43.4 Å². The lowest BCUT2D eigenvalue weighted by atomic mass is 9.87. The summed E-state index contributed by atoms with van der Waals surface area (Å²) < 4.78 is 6.14. The van der Waals surface area contributed by atoms with Gasteiger partial charge in [-0.05, 0) is 67.9 Å². The molecular weight excluding hydrogens is 400 g/mol. The number of nitrogens with one attached hydrogen (secondary N) is 1. The molecule has 0 aromatic heterocycles. The number of aryl methyl sites for hydroxylation is 1. The van der Waals surface area contributed by atoms with Crippen molar-refractivity contribution in [1.82, 2.24) is 10.2 Å². The Morgan fingerprint density at radius 3 is 2.66 bits per heavy atom. The van der Waals surface area contributed by atoms with Gasteiger partial charge in [-0.25, -0.2) is 0 Å².